The fourth-order valence-corrected chi connectivity index (χ4v) is 4.25. The predicted octanol–water partition coefficient (Wildman–Crippen LogP) is 1.88. The van der Waals surface area contributed by atoms with E-state index in [4.69, 9.17) is 4.98 Å². The SMILES string of the molecule is CC(=O)N1CCN(c2ncc3c(n2)CCN(C(=O)c2cc(C(C)C)c(O)cc2O)C3)CC1. The van der Waals surface area contributed by atoms with Crippen molar-refractivity contribution < 1.29 is 19.8 Å². The highest BCUT2D eigenvalue weighted by molar-refractivity contribution is 5.97. The molecule has 1 aromatic carbocycles. The van der Waals surface area contributed by atoms with E-state index in [1.165, 1.54) is 6.07 Å². The van der Waals surface area contributed by atoms with E-state index in [9.17, 15) is 19.8 Å². The summed E-state index contributed by atoms with van der Waals surface area (Å²) in [6, 6.07) is 2.81. The fraction of sp³-hybridized carbons (Fsp3) is 0.478. The number of fused-ring (bicyclic) bond motifs is 1. The summed E-state index contributed by atoms with van der Waals surface area (Å²) in [4.78, 5) is 39.5. The van der Waals surface area contributed by atoms with Crippen LogP contribution in [-0.4, -0.2) is 74.5 Å². The standard InChI is InChI=1S/C23H29N5O4/c1-14(2)17-10-18(21(31)11-20(17)30)22(32)28-5-4-19-16(13-28)12-24-23(25-19)27-8-6-26(7-9-27)15(3)29/h10-12,14,30-31H,4-9,13H2,1-3H3. The molecule has 9 nitrogen and oxygen atoms in total. The molecule has 2 amide bonds. The largest absolute Gasteiger partial charge is 0.508 e. The maximum Gasteiger partial charge on any atom is 0.257 e. The third-order valence-corrected chi connectivity index (χ3v) is 6.21. The number of nitrogens with zero attached hydrogens (tertiary/aromatic N) is 5. The molecule has 9 heteroatoms. The van der Waals surface area contributed by atoms with Gasteiger partial charge >= 0.3 is 0 Å². The van der Waals surface area contributed by atoms with E-state index in [1.807, 2.05) is 18.7 Å². The number of rotatable bonds is 3. The van der Waals surface area contributed by atoms with Crippen LogP contribution in [-0.2, 0) is 17.8 Å². The van der Waals surface area contributed by atoms with Gasteiger partial charge in [0, 0.05) is 70.4 Å². The molecule has 0 atom stereocenters. The smallest absolute Gasteiger partial charge is 0.257 e. The molecule has 0 bridgehead atoms. The van der Waals surface area contributed by atoms with Crippen LogP contribution in [0.5, 0.6) is 11.5 Å². The van der Waals surface area contributed by atoms with Gasteiger partial charge in [-0.1, -0.05) is 13.8 Å². The Kier molecular flexibility index (Phi) is 5.90. The summed E-state index contributed by atoms with van der Waals surface area (Å²) >= 11 is 0. The van der Waals surface area contributed by atoms with Gasteiger partial charge in [0.05, 0.1) is 11.3 Å². The van der Waals surface area contributed by atoms with Gasteiger partial charge in [-0.05, 0) is 17.5 Å². The van der Waals surface area contributed by atoms with Gasteiger partial charge < -0.3 is 24.9 Å². The number of carbonyl (C=O) groups excluding carboxylic acids is 2. The van der Waals surface area contributed by atoms with Crippen LogP contribution in [0.4, 0.5) is 5.95 Å². The molecule has 2 aliphatic heterocycles. The van der Waals surface area contributed by atoms with Crippen molar-refractivity contribution in [3.05, 3.63) is 40.7 Å². The molecule has 2 N–H and O–H groups in total. The maximum absolute atomic E-state index is 13.1. The molecule has 2 aliphatic rings. The Bertz CT molecular complexity index is 1050. The number of anilines is 1. The molecule has 1 saturated heterocycles. The van der Waals surface area contributed by atoms with E-state index in [2.05, 4.69) is 9.88 Å². The van der Waals surface area contributed by atoms with Crippen LogP contribution in [0, 0.1) is 0 Å². The molecule has 0 radical (unpaired) electrons. The summed E-state index contributed by atoms with van der Waals surface area (Å²) in [5.74, 6) is 0.250. The molecule has 1 fully saturated rings. The summed E-state index contributed by atoms with van der Waals surface area (Å²) < 4.78 is 0. The number of aromatic hydroxyl groups is 2. The monoisotopic (exact) mass is 439 g/mol. The van der Waals surface area contributed by atoms with E-state index in [-0.39, 0.29) is 34.8 Å². The van der Waals surface area contributed by atoms with Gasteiger partial charge in [-0.2, -0.15) is 0 Å². The van der Waals surface area contributed by atoms with Gasteiger partial charge in [0.1, 0.15) is 11.5 Å². The highest BCUT2D eigenvalue weighted by Gasteiger charge is 2.27. The highest BCUT2D eigenvalue weighted by Crippen LogP contribution is 2.33. The van der Waals surface area contributed by atoms with Crippen molar-refractivity contribution in [3.8, 4) is 11.5 Å². The van der Waals surface area contributed by atoms with Gasteiger partial charge in [0.15, 0.2) is 0 Å². The quantitative estimate of drug-likeness (QED) is 0.751. The second-order valence-corrected chi connectivity index (χ2v) is 8.69. The topological polar surface area (TPSA) is 110 Å². The lowest BCUT2D eigenvalue weighted by atomic mass is 9.97. The molecular weight excluding hydrogens is 410 g/mol. The fourth-order valence-electron chi connectivity index (χ4n) is 4.25. The van der Waals surface area contributed by atoms with Gasteiger partial charge in [-0.15, -0.1) is 0 Å². The van der Waals surface area contributed by atoms with Gasteiger partial charge in [-0.3, -0.25) is 9.59 Å². The molecule has 0 aliphatic carbocycles. The first kappa shape index (κ1) is 21.9. The third-order valence-electron chi connectivity index (χ3n) is 6.21. The molecule has 2 aromatic rings. The summed E-state index contributed by atoms with van der Waals surface area (Å²) in [6.07, 6.45) is 2.37. The van der Waals surface area contributed by atoms with Gasteiger partial charge in [0.25, 0.3) is 5.91 Å². The molecular formula is C23H29N5O4. The number of amides is 2. The number of benzene rings is 1. The molecule has 4 rings (SSSR count). The minimum atomic E-state index is -0.278. The number of hydrogen-bond acceptors (Lipinski definition) is 7. The number of carbonyl (C=O) groups is 2. The summed E-state index contributed by atoms with van der Waals surface area (Å²) in [6.45, 7) is 8.99. The Morgan fingerprint density at radius 3 is 2.38 bits per heavy atom. The van der Waals surface area contributed by atoms with E-state index < -0.39 is 0 Å². The zero-order chi connectivity index (χ0) is 23.0. The van der Waals surface area contributed by atoms with Crippen molar-refractivity contribution in [3.63, 3.8) is 0 Å². The first-order chi connectivity index (χ1) is 15.2. The maximum atomic E-state index is 13.1. The molecule has 170 valence electrons. The lowest BCUT2D eigenvalue weighted by Crippen LogP contribution is -2.48. The average Bonchev–Trinajstić information content (AvgIpc) is 2.77. The Balaban J connectivity index is 1.48. The Morgan fingerprint density at radius 1 is 1.00 bits per heavy atom. The Hall–Kier alpha value is -3.36. The van der Waals surface area contributed by atoms with Crippen molar-refractivity contribution in [1.29, 1.82) is 0 Å². The number of hydrogen-bond donors (Lipinski definition) is 2. The van der Waals surface area contributed by atoms with Crippen molar-refractivity contribution in [2.75, 3.05) is 37.6 Å². The van der Waals surface area contributed by atoms with Crippen LogP contribution in [0.2, 0.25) is 0 Å². The third kappa shape index (κ3) is 4.19. The summed E-state index contributed by atoms with van der Waals surface area (Å²) in [5, 5.41) is 20.3. The number of phenolic OH excluding ortho intramolecular Hbond substituents is 2. The number of piperazine rings is 1. The van der Waals surface area contributed by atoms with E-state index in [0.29, 0.717) is 57.2 Å². The molecule has 1 aromatic heterocycles. The number of phenols is 2. The van der Waals surface area contributed by atoms with Crippen LogP contribution >= 0.6 is 0 Å². The van der Waals surface area contributed by atoms with Gasteiger partial charge in [-0.25, -0.2) is 9.97 Å². The zero-order valence-electron chi connectivity index (χ0n) is 18.7. The first-order valence-corrected chi connectivity index (χ1v) is 10.9. The van der Waals surface area contributed by atoms with Crippen molar-refractivity contribution in [2.24, 2.45) is 0 Å². The minimum Gasteiger partial charge on any atom is -0.508 e. The second kappa shape index (κ2) is 8.64. The van der Waals surface area contributed by atoms with E-state index in [0.717, 1.165) is 11.3 Å². The normalized spacial score (nSPS) is 16.3. The predicted molar refractivity (Wildman–Crippen MR) is 119 cm³/mol. The average molecular weight is 440 g/mol. The molecule has 0 saturated carbocycles. The van der Waals surface area contributed by atoms with Crippen molar-refractivity contribution >= 4 is 17.8 Å². The van der Waals surface area contributed by atoms with Crippen LogP contribution in [0.15, 0.2) is 18.3 Å². The summed E-state index contributed by atoms with van der Waals surface area (Å²) in [7, 11) is 0. The van der Waals surface area contributed by atoms with Crippen LogP contribution in [0.1, 0.15) is 53.9 Å². The minimum absolute atomic E-state index is 0.0110. The van der Waals surface area contributed by atoms with Gasteiger partial charge in [0.2, 0.25) is 11.9 Å². The molecule has 0 unspecified atom stereocenters. The second-order valence-electron chi connectivity index (χ2n) is 8.69. The Labute approximate surface area is 187 Å². The highest BCUT2D eigenvalue weighted by atomic mass is 16.3. The Morgan fingerprint density at radius 2 is 1.72 bits per heavy atom. The molecule has 32 heavy (non-hydrogen) atoms. The number of aromatic nitrogens is 2. The van der Waals surface area contributed by atoms with E-state index in [1.54, 1.807) is 24.1 Å². The van der Waals surface area contributed by atoms with Crippen molar-refractivity contribution in [1.82, 2.24) is 19.8 Å². The lowest BCUT2D eigenvalue weighted by molar-refractivity contribution is -0.129. The first-order valence-electron chi connectivity index (χ1n) is 10.9. The molecule has 3 heterocycles. The van der Waals surface area contributed by atoms with Crippen LogP contribution in [0.3, 0.4) is 0 Å². The van der Waals surface area contributed by atoms with Crippen molar-refractivity contribution in [2.45, 2.75) is 39.7 Å². The van der Waals surface area contributed by atoms with E-state index >= 15 is 0 Å². The summed E-state index contributed by atoms with van der Waals surface area (Å²) in [5.41, 5.74) is 2.63. The molecule has 0 spiro atoms. The van der Waals surface area contributed by atoms with Crippen LogP contribution in [0.25, 0.3) is 0 Å². The lowest BCUT2D eigenvalue weighted by Gasteiger charge is -2.35. The zero-order valence-corrected chi connectivity index (χ0v) is 18.7. The van der Waals surface area contributed by atoms with Crippen LogP contribution < -0.4 is 4.90 Å².